The van der Waals surface area contributed by atoms with Gasteiger partial charge in [-0.15, -0.1) is 0 Å². The van der Waals surface area contributed by atoms with E-state index < -0.39 is 0 Å². The van der Waals surface area contributed by atoms with Gasteiger partial charge in [0, 0.05) is 18.3 Å². The van der Waals surface area contributed by atoms with Crippen LogP contribution in [-0.2, 0) is 6.54 Å². The number of benzene rings is 1. The highest BCUT2D eigenvalue weighted by Crippen LogP contribution is 2.28. The molecule has 25 heavy (non-hydrogen) atoms. The number of aromatic nitrogens is 2. The average molecular weight is 360 g/mol. The molecule has 1 aliphatic carbocycles. The van der Waals surface area contributed by atoms with E-state index >= 15 is 0 Å². The predicted octanol–water partition coefficient (Wildman–Crippen LogP) is 3.55. The number of hydrogen-bond donors (Lipinski definition) is 2. The summed E-state index contributed by atoms with van der Waals surface area (Å²) in [4.78, 5) is 17.6. The number of halogens is 1. The highest BCUT2D eigenvalue weighted by Gasteiger charge is 2.28. The first kappa shape index (κ1) is 16.5. The van der Waals surface area contributed by atoms with Gasteiger partial charge in [0.1, 0.15) is 11.6 Å². The molecule has 0 saturated heterocycles. The molecule has 0 bridgehead atoms. The van der Waals surface area contributed by atoms with Gasteiger partial charge in [0.15, 0.2) is 4.77 Å². The molecule has 2 N–H and O–H groups in total. The van der Waals surface area contributed by atoms with E-state index in [-0.39, 0.29) is 11.4 Å². The Bertz CT molecular complexity index is 883. The Labute approximate surface area is 150 Å². The van der Waals surface area contributed by atoms with Crippen molar-refractivity contribution in [3.63, 3.8) is 0 Å². The van der Waals surface area contributed by atoms with Crippen LogP contribution in [0, 0.1) is 10.6 Å². The zero-order chi connectivity index (χ0) is 17.4. The van der Waals surface area contributed by atoms with Gasteiger partial charge in [-0.25, -0.2) is 4.39 Å². The lowest BCUT2D eigenvalue weighted by Crippen LogP contribution is -2.45. The molecule has 0 unspecified atom stereocenters. The zero-order valence-electron chi connectivity index (χ0n) is 13.9. The molecule has 2 aliphatic rings. The molecule has 2 heterocycles. The summed E-state index contributed by atoms with van der Waals surface area (Å²) < 4.78 is 15.3. The first-order valence-electron chi connectivity index (χ1n) is 8.75. The number of anilines is 1. The Morgan fingerprint density at radius 2 is 1.84 bits per heavy atom. The number of nitrogens with one attached hydrogen (secondary N) is 2. The summed E-state index contributed by atoms with van der Waals surface area (Å²) in [6.07, 6.45) is 6.19. The van der Waals surface area contributed by atoms with Crippen molar-refractivity contribution in [3.8, 4) is 5.69 Å². The van der Waals surface area contributed by atoms with Crippen molar-refractivity contribution < 1.29 is 4.39 Å². The maximum absolute atomic E-state index is 13.2. The molecule has 1 aliphatic heterocycles. The molecule has 1 fully saturated rings. The Morgan fingerprint density at radius 3 is 2.56 bits per heavy atom. The van der Waals surface area contributed by atoms with Gasteiger partial charge in [-0.2, -0.15) is 0 Å². The summed E-state index contributed by atoms with van der Waals surface area (Å²) in [5.41, 5.74) is 1.28. The maximum atomic E-state index is 13.2. The van der Waals surface area contributed by atoms with Crippen molar-refractivity contribution in [2.45, 2.75) is 44.7 Å². The van der Waals surface area contributed by atoms with Crippen molar-refractivity contribution >= 4 is 18.0 Å². The second kappa shape index (κ2) is 6.72. The van der Waals surface area contributed by atoms with E-state index in [0.717, 1.165) is 5.69 Å². The molecule has 0 spiro atoms. The van der Waals surface area contributed by atoms with Crippen LogP contribution in [0.25, 0.3) is 5.69 Å². The summed E-state index contributed by atoms with van der Waals surface area (Å²) in [5.74, 6) is 0.414. The molecule has 0 atom stereocenters. The molecule has 0 radical (unpaired) electrons. The quantitative estimate of drug-likeness (QED) is 0.804. The number of fused-ring (bicyclic) bond motifs is 1. The third-order valence-electron chi connectivity index (χ3n) is 5.19. The standard InChI is InChI=1S/C18H21FN4OS/c19-12-6-8-14(9-7-12)23-16-15(17(24)21-18(23)25)10-22(11-20-16)13-4-2-1-3-5-13/h6-9,13,20H,1-5,10-11H2,(H,21,24,25). The Kier molecular flexibility index (Phi) is 4.43. The highest BCUT2D eigenvalue weighted by atomic mass is 32.1. The number of aromatic amines is 1. The molecule has 132 valence electrons. The Morgan fingerprint density at radius 1 is 1.12 bits per heavy atom. The van der Waals surface area contributed by atoms with Gasteiger partial charge in [-0.1, -0.05) is 19.3 Å². The van der Waals surface area contributed by atoms with Crippen molar-refractivity contribution in [2.24, 2.45) is 0 Å². The second-order valence-corrected chi connectivity index (χ2v) is 7.16. The lowest BCUT2D eigenvalue weighted by Gasteiger charge is -2.38. The lowest BCUT2D eigenvalue weighted by molar-refractivity contribution is 0.152. The summed E-state index contributed by atoms with van der Waals surface area (Å²) in [7, 11) is 0. The van der Waals surface area contributed by atoms with Crippen molar-refractivity contribution in [2.75, 3.05) is 12.0 Å². The van der Waals surface area contributed by atoms with Crippen LogP contribution in [0.1, 0.15) is 37.7 Å². The van der Waals surface area contributed by atoms with Crippen LogP contribution in [0.2, 0.25) is 0 Å². The van der Waals surface area contributed by atoms with Crippen LogP contribution in [0.5, 0.6) is 0 Å². The van der Waals surface area contributed by atoms with Gasteiger partial charge in [0.2, 0.25) is 0 Å². The largest absolute Gasteiger partial charge is 0.358 e. The van der Waals surface area contributed by atoms with E-state index in [1.807, 2.05) is 0 Å². The van der Waals surface area contributed by atoms with E-state index in [4.69, 9.17) is 12.2 Å². The van der Waals surface area contributed by atoms with E-state index in [0.29, 0.717) is 35.4 Å². The third kappa shape index (κ3) is 3.14. The van der Waals surface area contributed by atoms with Gasteiger partial charge in [0.25, 0.3) is 5.56 Å². The van der Waals surface area contributed by atoms with Crippen LogP contribution in [0.15, 0.2) is 29.1 Å². The molecule has 0 amide bonds. The van der Waals surface area contributed by atoms with Gasteiger partial charge >= 0.3 is 0 Å². The van der Waals surface area contributed by atoms with E-state index in [2.05, 4.69) is 15.2 Å². The fourth-order valence-electron chi connectivity index (χ4n) is 3.88. The van der Waals surface area contributed by atoms with E-state index in [9.17, 15) is 9.18 Å². The van der Waals surface area contributed by atoms with Crippen molar-refractivity contribution in [1.29, 1.82) is 0 Å². The number of H-pyrrole nitrogens is 1. The smallest absolute Gasteiger partial charge is 0.258 e. The summed E-state index contributed by atoms with van der Waals surface area (Å²) >= 11 is 5.35. The Balaban J connectivity index is 1.74. The first-order chi connectivity index (χ1) is 12.1. The first-order valence-corrected chi connectivity index (χ1v) is 9.16. The summed E-state index contributed by atoms with van der Waals surface area (Å²) in [6, 6.07) is 6.64. The minimum Gasteiger partial charge on any atom is -0.358 e. The topological polar surface area (TPSA) is 53.1 Å². The molecular weight excluding hydrogens is 339 g/mol. The normalized spacial score (nSPS) is 18.6. The molecule has 4 rings (SSSR count). The minimum absolute atomic E-state index is 0.147. The summed E-state index contributed by atoms with van der Waals surface area (Å²) in [6.45, 7) is 1.30. The molecule has 7 heteroatoms. The predicted molar refractivity (Wildman–Crippen MR) is 98.1 cm³/mol. The SMILES string of the molecule is O=c1[nH]c(=S)n(-c2ccc(F)cc2)c2c1CN(C1CCCCC1)CN2. The summed E-state index contributed by atoms with van der Waals surface area (Å²) in [5, 5.41) is 3.38. The van der Waals surface area contributed by atoms with Gasteiger partial charge < -0.3 is 5.32 Å². The molecule has 5 nitrogen and oxygen atoms in total. The minimum atomic E-state index is -0.301. The maximum Gasteiger partial charge on any atom is 0.258 e. The number of nitrogens with zero attached hydrogens (tertiary/aromatic N) is 2. The zero-order valence-corrected chi connectivity index (χ0v) is 14.7. The van der Waals surface area contributed by atoms with Crippen molar-refractivity contribution in [1.82, 2.24) is 14.5 Å². The fourth-order valence-corrected chi connectivity index (χ4v) is 4.17. The highest BCUT2D eigenvalue weighted by molar-refractivity contribution is 7.71. The van der Waals surface area contributed by atoms with Crippen LogP contribution in [0.3, 0.4) is 0 Å². The molecule has 2 aromatic rings. The van der Waals surface area contributed by atoms with E-state index in [1.54, 1.807) is 16.7 Å². The Hall–Kier alpha value is -1.99. The van der Waals surface area contributed by atoms with Crippen molar-refractivity contribution in [3.05, 3.63) is 50.8 Å². The van der Waals surface area contributed by atoms with Gasteiger partial charge in [0.05, 0.1) is 12.2 Å². The lowest BCUT2D eigenvalue weighted by atomic mass is 9.94. The second-order valence-electron chi connectivity index (χ2n) is 6.77. The molecule has 1 aromatic heterocycles. The average Bonchev–Trinajstić information content (AvgIpc) is 2.64. The van der Waals surface area contributed by atoms with E-state index in [1.165, 1.54) is 44.2 Å². The van der Waals surface area contributed by atoms with Crippen LogP contribution < -0.4 is 10.9 Å². The fraction of sp³-hybridized carbons (Fsp3) is 0.444. The van der Waals surface area contributed by atoms with Gasteiger partial charge in [-0.05, 0) is 49.3 Å². The van der Waals surface area contributed by atoms with Crippen LogP contribution in [-0.4, -0.2) is 27.2 Å². The molecule has 1 aromatic carbocycles. The van der Waals surface area contributed by atoms with Crippen LogP contribution >= 0.6 is 12.2 Å². The number of hydrogen-bond acceptors (Lipinski definition) is 4. The molecule has 1 saturated carbocycles. The van der Waals surface area contributed by atoms with Crippen LogP contribution in [0.4, 0.5) is 10.2 Å². The monoisotopic (exact) mass is 360 g/mol. The molecular formula is C18H21FN4OS. The van der Waals surface area contributed by atoms with Gasteiger partial charge in [-0.3, -0.25) is 19.2 Å². The third-order valence-corrected chi connectivity index (χ3v) is 5.48. The number of rotatable bonds is 2.